The highest BCUT2D eigenvalue weighted by molar-refractivity contribution is 5.46. The van der Waals surface area contributed by atoms with E-state index in [1.54, 1.807) is 6.20 Å². The second kappa shape index (κ2) is 4.97. The number of rotatable bonds is 2. The predicted molar refractivity (Wildman–Crippen MR) is 71.1 cm³/mol. The van der Waals surface area contributed by atoms with Crippen LogP contribution >= 0.6 is 0 Å². The van der Waals surface area contributed by atoms with Gasteiger partial charge in [0, 0.05) is 18.0 Å². The van der Waals surface area contributed by atoms with Gasteiger partial charge in [-0.05, 0) is 25.1 Å². The second-order valence-corrected chi connectivity index (χ2v) is 4.70. The zero-order chi connectivity index (χ0) is 13.2. The predicted octanol–water partition coefficient (Wildman–Crippen LogP) is 2.87. The summed E-state index contributed by atoms with van der Waals surface area (Å²) in [6.07, 6.45) is 3.44. The van der Waals surface area contributed by atoms with E-state index in [1.165, 1.54) is 6.20 Å². The number of pyridine rings is 1. The van der Waals surface area contributed by atoms with Gasteiger partial charge in [0.05, 0.1) is 12.4 Å². The summed E-state index contributed by atoms with van der Waals surface area (Å²) in [5.74, 6) is 1.20. The number of hydrogen-bond acceptors (Lipinski definition) is 3. The first-order valence-corrected chi connectivity index (χ1v) is 6.33. The van der Waals surface area contributed by atoms with Gasteiger partial charge in [-0.25, -0.2) is 4.39 Å². The van der Waals surface area contributed by atoms with E-state index in [0.717, 1.165) is 17.9 Å². The molecule has 1 aliphatic rings. The van der Waals surface area contributed by atoms with E-state index in [9.17, 15) is 4.39 Å². The maximum atomic E-state index is 13.9. The number of aromatic nitrogens is 1. The van der Waals surface area contributed by atoms with Gasteiger partial charge in [-0.15, -0.1) is 0 Å². The Morgan fingerprint density at radius 2 is 2.16 bits per heavy atom. The Balaban J connectivity index is 2.12. The van der Waals surface area contributed by atoms with Crippen molar-refractivity contribution in [2.24, 2.45) is 0 Å². The first kappa shape index (κ1) is 12.1. The number of likely N-dealkylation sites (N-methyl/N-ethyl adjacent to an activating group) is 1. The number of benzene rings is 1. The maximum Gasteiger partial charge on any atom is 0.151 e. The highest BCUT2D eigenvalue weighted by Gasteiger charge is 2.25. The van der Waals surface area contributed by atoms with E-state index in [1.807, 2.05) is 31.3 Å². The lowest BCUT2D eigenvalue weighted by Crippen LogP contribution is -2.19. The molecule has 0 radical (unpaired) electrons. The molecule has 2 heterocycles. The Morgan fingerprint density at radius 3 is 3.00 bits per heavy atom. The van der Waals surface area contributed by atoms with Crippen LogP contribution in [0.25, 0.3) is 0 Å². The maximum absolute atomic E-state index is 13.9. The van der Waals surface area contributed by atoms with Crippen LogP contribution in [0.2, 0.25) is 0 Å². The van der Waals surface area contributed by atoms with Crippen LogP contribution in [0, 0.1) is 5.82 Å². The Bertz CT molecular complexity index is 600. The lowest BCUT2D eigenvalue weighted by molar-refractivity contribution is 0.468. The molecule has 0 unspecified atom stereocenters. The summed E-state index contributed by atoms with van der Waals surface area (Å²) in [6, 6.07) is 7.86. The number of fused-ring (bicyclic) bond motifs is 2. The fraction of sp³-hybridized carbons (Fsp3) is 0.267. The molecule has 0 fully saturated rings. The molecule has 0 spiro atoms. The van der Waals surface area contributed by atoms with Gasteiger partial charge in [-0.3, -0.25) is 4.98 Å². The average molecular weight is 258 g/mol. The molecule has 1 aromatic carbocycles. The van der Waals surface area contributed by atoms with E-state index >= 15 is 0 Å². The van der Waals surface area contributed by atoms with Crippen molar-refractivity contribution in [1.82, 2.24) is 10.3 Å². The summed E-state index contributed by atoms with van der Waals surface area (Å²) >= 11 is 0. The zero-order valence-corrected chi connectivity index (χ0v) is 10.7. The van der Waals surface area contributed by atoms with Crippen LogP contribution in [0.3, 0.4) is 0 Å². The van der Waals surface area contributed by atoms with Crippen LogP contribution in [0.5, 0.6) is 11.5 Å². The summed E-state index contributed by atoms with van der Waals surface area (Å²) in [7, 11) is 1.90. The van der Waals surface area contributed by atoms with Crippen LogP contribution in [-0.4, -0.2) is 18.6 Å². The van der Waals surface area contributed by atoms with E-state index in [0.29, 0.717) is 17.7 Å². The molecular weight excluding hydrogens is 243 g/mol. The number of hydrogen-bond donors (Lipinski definition) is 1. The van der Waals surface area contributed by atoms with Gasteiger partial charge in [-0.2, -0.15) is 0 Å². The molecule has 3 rings (SSSR count). The summed E-state index contributed by atoms with van der Waals surface area (Å²) in [5.41, 5.74) is 1.71. The second-order valence-electron chi connectivity index (χ2n) is 4.70. The fourth-order valence-corrected chi connectivity index (χ4v) is 2.54. The number of para-hydroxylation sites is 1. The van der Waals surface area contributed by atoms with Gasteiger partial charge in [0.1, 0.15) is 11.6 Å². The Morgan fingerprint density at radius 1 is 1.32 bits per heavy atom. The zero-order valence-electron chi connectivity index (χ0n) is 10.7. The average Bonchev–Trinajstić information content (AvgIpc) is 2.57. The molecule has 0 bridgehead atoms. The van der Waals surface area contributed by atoms with Crippen LogP contribution in [0.15, 0.2) is 36.7 Å². The van der Waals surface area contributed by atoms with Gasteiger partial charge in [-0.1, -0.05) is 18.2 Å². The van der Waals surface area contributed by atoms with E-state index in [2.05, 4.69) is 10.3 Å². The normalized spacial score (nSPS) is 17.1. The highest BCUT2D eigenvalue weighted by atomic mass is 19.1. The standard InChI is InChI=1S/C15H15FN2O/c1-17-7-10-6-12-13(16)8-18-9-15(12)19-14-5-3-2-4-11(10)14/h2-5,8-10,17H,6-7H2,1H3/t10-/m0/s1. The molecule has 19 heavy (non-hydrogen) atoms. The molecule has 0 amide bonds. The van der Waals surface area contributed by atoms with Gasteiger partial charge in [0.15, 0.2) is 5.75 Å². The van der Waals surface area contributed by atoms with Crippen molar-refractivity contribution in [1.29, 1.82) is 0 Å². The number of nitrogens with one attached hydrogen (secondary N) is 1. The molecule has 1 aliphatic heterocycles. The Labute approximate surface area is 111 Å². The Kier molecular flexibility index (Phi) is 3.17. The summed E-state index contributed by atoms with van der Waals surface area (Å²) < 4.78 is 19.8. The molecule has 0 saturated carbocycles. The largest absolute Gasteiger partial charge is 0.455 e. The van der Waals surface area contributed by atoms with Crippen LogP contribution in [0.1, 0.15) is 17.0 Å². The molecule has 4 heteroatoms. The van der Waals surface area contributed by atoms with Crippen molar-refractivity contribution in [3.05, 3.63) is 53.6 Å². The Hall–Kier alpha value is -1.94. The first-order chi connectivity index (χ1) is 9.29. The van der Waals surface area contributed by atoms with Crippen molar-refractivity contribution in [3.63, 3.8) is 0 Å². The number of ether oxygens (including phenoxy) is 1. The topological polar surface area (TPSA) is 34.2 Å². The molecule has 3 nitrogen and oxygen atoms in total. The SMILES string of the molecule is CNC[C@@H]1Cc2c(F)cncc2Oc2ccccc21. The smallest absolute Gasteiger partial charge is 0.151 e. The summed E-state index contributed by atoms with van der Waals surface area (Å²) in [5, 5.41) is 3.16. The van der Waals surface area contributed by atoms with Crippen molar-refractivity contribution < 1.29 is 9.13 Å². The van der Waals surface area contributed by atoms with E-state index < -0.39 is 0 Å². The van der Waals surface area contributed by atoms with Gasteiger partial charge >= 0.3 is 0 Å². The van der Waals surface area contributed by atoms with Gasteiger partial charge < -0.3 is 10.1 Å². The molecule has 0 aliphatic carbocycles. The van der Waals surface area contributed by atoms with Crippen LogP contribution in [0.4, 0.5) is 4.39 Å². The molecular formula is C15H15FN2O. The molecule has 0 saturated heterocycles. The number of nitrogens with zero attached hydrogens (tertiary/aromatic N) is 1. The van der Waals surface area contributed by atoms with Gasteiger partial charge in [0.25, 0.3) is 0 Å². The molecule has 1 atom stereocenters. The summed E-state index contributed by atoms with van der Waals surface area (Å²) in [4.78, 5) is 3.87. The van der Waals surface area contributed by atoms with Crippen molar-refractivity contribution in [2.45, 2.75) is 12.3 Å². The van der Waals surface area contributed by atoms with E-state index in [4.69, 9.17) is 4.74 Å². The fourth-order valence-electron chi connectivity index (χ4n) is 2.54. The molecule has 1 aromatic heterocycles. The molecule has 98 valence electrons. The highest BCUT2D eigenvalue weighted by Crippen LogP contribution is 2.39. The lowest BCUT2D eigenvalue weighted by Gasteiger charge is -2.15. The van der Waals surface area contributed by atoms with Crippen molar-refractivity contribution in [3.8, 4) is 11.5 Å². The van der Waals surface area contributed by atoms with Crippen molar-refractivity contribution >= 4 is 0 Å². The monoisotopic (exact) mass is 258 g/mol. The van der Waals surface area contributed by atoms with Crippen molar-refractivity contribution in [2.75, 3.05) is 13.6 Å². The minimum atomic E-state index is -0.300. The third-order valence-electron chi connectivity index (χ3n) is 3.45. The van der Waals surface area contributed by atoms with Gasteiger partial charge in [0.2, 0.25) is 0 Å². The molecule has 2 aromatic rings. The summed E-state index contributed by atoms with van der Waals surface area (Å²) in [6.45, 7) is 0.779. The molecule has 1 N–H and O–H groups in total. The number of halogens is 1. The quantitative estimate of drug-likeness (QED) is 0.899. The lowest BCUT2D eigenvalue weighted by atomic mass is 9.92. The van der Waals surface area contributed by atoms with E-state index in [-0.39, 0.29) is 11.7 Å². The van der Waals surface area contributed by atoms with Crippen LogP contribution in [-0.2, 0) is 6.42 Å². The first-order valence-electron chi connectivity index (χ1n) is 6.33. The third kappa shape index (κ3) is 2.19. The van der Waals surface area contributed by atoms with Crippen LogP contribution < -0.4 is 10.1 Å². The minimum absolute atomic E-state index is 0.194. The minimum Gasteiger partial charge on any atom is -0.455 e. The third-order valence-corrected chi connectivity index (χ3v) is 3.45.